The molecule has 2 atom stereocenters. The molecule has 3 rings (SSSR count). The van der Waals surface area contributed by atoms with Crippen LogP contribution in [0.25, 0.3) is 11.1 Å². The predicted octanol–water partition coefficient (Wildman–Crippen LogP) is 0.647. The summed E-state index contributed by atoms with van der Waals surface area (Å²) >= 11 is 0. The van der Waals surface area contributed by atoms with Crippen molar-refractivity contribution in [3.63, 3.8) is 0 Å². The number of rotatable bonds is 7. The van der Waals surface area contributed by atoms with Gasteiger partial charge in [-0.05, 0) is 37.8 Å². The molecule has 2 N–H and O–H groups in total. The molecule has 2 heterocycles. The van der Waals surface area contributed by atoms with Crippen LogP contribution >= 0.6 is 0 Å². The van der Waals surface area contributed by atoms with Crippen molar-refractivity contribution in [3.05, 3.63) is 28.7 Å². The first kappa shape index (κ1) is 19.1. The fraction of sp³-hybridized carbons (Fsp3) is 0.611. The molecule has 1 saturated heterocycles. The number of oxazole rings is 1. The van der Waals surface area contributed by atoms with E-state index in [9.17, 15) is 13.2 Å². The SMILES string of the molecule is CC[C@H]1CCCC[NH+]1CCCNS(=O)(=O)c1ccc2c(c1)oc(=O)n2C. The summed E-state index contributed by atoms with van der Waals surface area (Å²) in [6.45, 7) is 4.83. The number of aromatic nitrogens is 1. The van der Waals surface area contributed by atoms with Crippen LogP contribution < -0.4 is 15.4 Å². The second-order valence-corrected chi connectivity index (χ2v) is 8.83. The van der Waals surface area contributed by atoms with Crippen molar-refractivity contribution in [2.45, 2.75) is 50.0 Å². The Morgan fingerprint density at radius 1 is 1.35 bits per heavy atom. The maximum Gasteiger partial charge on any atom is 0.419 e. The van der Waals surface area contributed by atoms with Gasteiger partial charge in [0.05, 0.1) is 29.5 Å². The summed E-state index contributed by atoms with van der Waals surface area (Å²) in [4.78, 5) is 13.3. The Labute approximate surface area is 154 Å². The van der Waals surface area contributed by atoms with Gasteiger partial charge < -0.3 is 9.32 Å². The molecule has 1 fully saturated rings. The largest absolute Gasteiger partial charge is 0.419 e. The number of hydrogen-bond acceptors (Lipinski definition) is 4. The lowest BCUT2D eigenvalue weighted by molar-refractivity contribution is -0.930. The number of nitrogens with zero attached hydrogens (tertiary/aromatic N) is 1. The van der Waals surface area contributed by atoms with Crippen molar-refractivity contribution in [2.24, 2.45) is 7.05 Å². The Hall–Kier alpha value is -1.64. The second kappa shape index (κ2) is 7.94. The highest BCUT2D eigenvalue weighted by Gasteiger charge is 2.24. The maximum absolute atomic E-state index is 12.5. The summed E-state index contributed by atoms with van der Waals surface area (Å²) in [5.41, 5.74) is 0.858. The van der Waals surface area contributed by atoms with Gasteiger partial charge in [-0.2, -0.15) is 0 Å². The van der Waals surface area contributed by atoms with Gasteiger partial charge in [0.1, 0.15) is 0 Å². The lowest BCUT2D eigenvalue weighted by Crippen LogP contribution is -3.16. The molecule has 144 valence electrons. The van der Waals surface area contributed by atoms with Crippen LogP contribution in [0.1, 0.15) is 39.0 Å². The van der Waals surface area contributed by atoms with E-state index in [1.807, 2.05) is 0 Å². The van der Waals surface area contributed by atoms with Gasteiger partial charge in [0.15, 0.2) is 5.58 Å². The Morgan fingerprint density at radius 2 is 2.15 bits per heavy atom. The van der Waals surface area contributed by atoms with Gasteiger partial charge >= 0.3 is 5.76 Å². The molecular weight excluding hydrogens is 354 g/mol. The van der Waals surface area contributed by atoms with Gasteiger partial charge in [0.2, 0.25) is 10.0 Å². The van der Waals surface area contributed by atoms with Crippen LogP contribution in [-0.2, 0) is 17.1 Å². The average molecular weight is 383 g/mol. The van der Waals surface area contributed by atoms with Gasteiger partial charge in [-0.3, -0.25) is 4.57 Å². The highest BCUT2D eigenvalue weighted by Crippen LogP contribution is 2.17. The quantitative estimate of drug-likeness (QED) is 0.689. The van der Waals surface area contributed by atoms with E-state index in [4.69, 9.17) is 4.42 Å². The van der Waals surface area contributed by atoms with Crippen LogP contribution in [0.15, 0.2) is 32.3 Å². The number of sulfonamides is 1. The fourth-order valence-electron chi connectivity index (χ4n) is 3.86. The third-order valence-corrected chi connectivity index (χ3v) is 6.87. The normalized spacial score (nSPS) is 21.3. The van der Waals surface area contributed by atoms with Crippen molar-refractivity contribution in [1.29, 1.82) is 0 Å². The van der Waals surface area contributed by atoms with Gasteiger partial charge in [-0.25, -0.2) is 17.9 Å². The zero-order chi connectivity index (χ0) is 18.7. The molecule has 26 heavy (non-hydrogen) atoms. The van der Waals surface area contributed by atoms with E-state index >= 15 is 0 Å². The molecular formula is C18H28N3O4S+. The Bertz CT molecular complexity index is 916. The van der Waals surface area contributed by atoms with Crippen molar-refractivity contribution in [3.8, 4) is 0 Å². The predicted molar refractivity (Wildman–Crippen MR) is 99.9 cm³/mol. The lowest BCUT2D eigenvalue weighted by atomic mass is 10.00. The average Bonchev–Trinajstić information content (AvgIpc) is 2.92. The minimum Gasteiger partial charge on any atom is -0.408 e. The standard InChI is InChI=1S/C18H27N3O4S/c1-3-14-7-4-5-11-21(14)12-6-10-19-26(23,24)15-8-9-16-17(13-15)25-18(22)20(16)2/h8-9,13-14,19H,3-7,10-12H2,1-2H3/p+1/t14-/m0/s1. The minimum absolute atomic E-state index is 0.121. The smallest absolute Gasteiger partial charge is 0.408 e. The Morgan fingerprint density at radius 3 is 2.92 bits per heavy atom. The molecule has 0 radical (unpaired) electrons. The first-order valence-corrected chi connectivity index (χ1v) is 10.8. The molecule has 1 aromatic heterocycles. The van der Waals surface area contributed by atoms with Gasteiger partial charge in [0, 0.05) is 26.1 Å². The van der Waals surface area contributed by atoms with Crippen LogP contribution in [0.2, 0.25) is 0 Å². The van der Waals surface area contributed by atoms with Crippen molar-refractivity contribution < 1.29 is 17.7 Å². The van der Waals surface area contributed by atoms with Crippen molar-refractivity contribution in [2.75, 3.05) is 19.6 Å². The van der Waals surface area contributed by atoms with Gasteiger partial charge in [-0.1, -0.05) is 6.92 Å². The van der Waals surface area contributed by atoms with E-state index in [1.54, 1.807) is 18.0 Å². The summed E-state index contributed by atoms with van der Waals surface area (Å²) in [5, 5.41) is 0. The number of nitrogens with one attached hydrogen (secondary N) is 2. The zero-order valence-electron chi connectivity index (χ0n) is 15.5. The Balaban J connectivity index is 1.59. The lowest BCUT2D eigenvalue weighted by Gasteiger charge is -2.32. The molecule has 1 aliphatic rings. The number of quaternary nitrogens is 1. The number of aryl methyl sites for hydroxylation is 1. The highest BCUT2D eigenvalue weighted by molar-refractivity contribution is 7.89. The second-order valence-electron chi connectivity index (χ2n) is 7.07. The van der Waals surface area contributed by atoms with Crippen molar-refractivity contribution >= 4 is 21.1 Å². The first-order valence-electron chi connectivity index (χ1n) is 9.36. The van der Waals surface area contributed by atoms with Crippen LogP contribution in [0.4, 0.5) is 0 Å². The van der Waals surface area contributed by atoms with E-state index < -0.39 is 15.8 Å². The van der Waals surface area contributed by atoms with E-state index in [2.05, 4.69) is 11.6 Å². The van der Waals surface area contributed by atoms with E-state index in [0.29, 0.717) is 18.1 Å². The van der Waals surface area contributed by atoms with Gasteiger partial charge in [-0.15, -0.1) is 0 Å². The van der Waals surface area contributed by atoms with E-state index in [-0.39, 0.29) is 10.5 Å². The molecule has 1 aliphatic heterocycles. The third-order valence-electron chi connectivity index (χ3n) is 5.41. The number of piperidine rings is 1. The third kappa shape index (κ3) is 4.02. The fourth-order valence-corrected chi connectivity index (χ4v) is 4.95. The summed E-state index contributed by atoms with van der Waals surface area (Å²) < 4.78 is 34.1. The van der Waals surface area contributed by atoms with E-state index in [1.165, 1.54) is 48.9 Å². The highest BCUT2D eigenvalue weighted by atomic mass is 32.2. The summed E-state index contributed by atoms with van der Waals surface area (Å²) in [6, 6.07) is 5.21. The molecule has 2 aromatic rings. The van der Waals surface area contributed by atoms with Crippen molar-refractivity contribution in [1.82, 2.24) is 9.29 Å². The molecule has 0 saturated carbocycles. The molecule has 0 spiro atoms. The van der Waals surface area contributed by atoms with Gasteiger partial charge in [0.25, 0.3) is 0 Å². The van der Waals surface area contributed by atoms with Crippen LogP contribution in [-0.4, -0.2) is 38.7 Å². The van der Waals surface area contributed by atoms with Crippen LogP contribution in [0.3, 0.4) is 0 Å². The number of benzene rings is 1. The van der Waals surface area contributed by atoms with Crippen LogP contribution in [0, 0.1) is 0 Å². The minimum atomic E-state index is -3.61. The molecule has 7 nitrogen and oxygen atoms in total. The summed E-state index contributed by atoms with van der Waals surface area (Å²) in [5.74, 6) is -0.502. The zero-order valence-corrected chi connectivity index (χ0v) is 16.3. The monoisotopic (exact) mass is 382 g/mol. The first-order chi connectivity index (χ1) is 12.4. The molecule has 0 bridgehead atoms. The van der Waals surface area contributed by atoms with Crippen LogP contribution in [0.5, 0.6) is 0 Å². The molecule has 0 amide bonds. The number of fused-ring (bicyclic) bond motifs is 1. The maximum atomic E-state index is 12.5. The summed E-state index contributed by atoms with van der Waals surface area (Å²) in [7, 11) is -2.02. The number of hydrogen-bond donors (Lipinski definition) is 2. The topological polar surface area (TPSA) is 85.8 Å². The Kier molecular flexibility index (Phi) is 5.84. The molecule has 1 aromatic carbocycles. The molecule has 0 aliphatic carbocycles. The van der Waals surface area contributed by atoms with E-state index in [0.717, 1.165) is 13.0 Å². The molecule has 1 unspecified atom stereocenters. The molecule has 8 heteroatoms. The number of likely N-dealkylation sites (tertiary alicyclic amines) is 1. The summed E-state index contributed by atoms with van der Waals surface area (Å²) in [6.07, 6.45) is 5.85.